The van der Waals surface area contributed by atoms with E-state index in [1.807, 2.05) is 36.7 Å². The summed E-state index contributed by atoms with van der Waals surface area (Å²) in [4.78, 5) is 16.9. The summed E-state index contributed by atoms with van der Waals surface area (Å²) in [5.74, 6) is 3.39. The highest BCUT2D eigenvalue weighted by molar-refractivity contribution is 5.91. The van der Waals surface area contributed by atoms with Crippen molar-refractivity contribution in [2.45, 2.75) is 18.8 Å². The lowest BCUT2D eigenvalue weighted by Crippen LogP contribution is -2.36. The fourth-order valence-electron chi connectivity index (χ4n) is 4.17. The van der Waals surface area contributed by atoms with E-state index in [-0.39, 0.29) is 0 Å². The predicted octanol–water partition coefficient (Wildman–Crippen LogP) is 4.41. The molecular weight excluding hydrogens is 346 g/mol. The Hall–Kier alpha value is -3.21. The second-order valence-electron chi connectivity index (χ2n) is 7.44. The van der Waals surface area contributed by atoms with E-state index < -0.39 is 0 Å². The van der Waals surface area contributed by atoms with E-state index in [9.17, 15) is 0 Å². The van der Waals surface area contributed by atoms with Gasteiger partial charge < -0.3 is 9.47 Å². The number of anilines is 1. The van der Waals surface area contributed by atoms with E-state index in [4.69, 9.17) is 9.97 Å². The van der Waals surface area contributed by atoms with E-state index in [1.54, 1.807) is 0 Å². The highest BCUT2D eigenvalue weighted by Crippen LogP contribution is 2.33. The molecule has 0 N–H and O–H groups in total. The molecule has 3 heterocycles. The van der Waals surface area contributed by atoms with Gasteiger partial charge in [-0.25, -0.2) is 15.0 Å². The summed E-state index contributed by atoms with van der Waals surface area (Å²) in [6, 6.07) is 18.5. The van der Waals surface area contributed by atoms with Crippen molar-refractivity contribution in [3.05, 3.63) is 72.8 Å². The third-order valence-electron chi connectivity index (χ3n) is 5.56. The number of hydrogen-bond donors (Lipinski definition) is 0. The first-order valence-electron chi connectivity index (χ1n) is 9.84. The van der Waals surface area contributed by atoms with Gasteiger partial charge in [-0.15, -0.1) is 0 Å². The molecule has 0 aliphatic carbocycles. The molecule has 1 aliphatic rings. The van der Waals surface area contributed by atoms with Gasteiger partial charge in [-0.3, -0.25) is 0 Å². The van der Waals surface area contributed by atoms with Crippen LogP contribution in [0, 0.1) is 0 Å². The standard InChI is InChI=1S/C23H23N5/c1-27-15-13-24-22(27)18-10-7-14-28(16-18)23-19-11-5-6-12-20(19)25-21(26-23)17-8-3-2-4-9-17/h2-6,8-9,11-13,15,18H,7,10,14,16H2,1H3/t18-/m1/s1. The largest absolute Gasteiger partial charge is 0.355 e. The van der Waals surface area contributed by atoms with Gasteiger partial charge in [-0.1, -0.05) is 42.5 Å². The summed E-state index contributed by atoms with van der Waals surface area (Å²) < 4.78 is 2.14. The number of aromatic nitrogens is 4. The van der Waals surface area contributed by atoms with E-state index >= 15 is 0 Å². The van der Waals surface area contributed by atoms with Crippen LogP contribution in [0.2, 0.25) is 0 Å². The maximum Gasteiger partial charge on any atom is 0.162 e. The second kappa shape index (κ2) is 7.08. The quantitative estimate of drug-likeness (QED) is 0.536. The Bertz CT molecular complexity index is 1100. The summed E-state index contributed by atoms with van der Waals surface area (Å²) in [7, 11) is 2.08. The second-order valence-corrected chi connectivity index (χ2v) is 7.44. The smallest absolute Gasteiger partial charge is 0.162 e. The van der Waals surface area contributed by atoms with Crippen molar-refractivity contribution < 1.29 is 0 Å². The molecule has 0 saturated carbocycles. The zero-order valence-electron chi connectivity index (χ0n) is 16.0. The van der Waals surface area contributed by atoms with Crippen LogP contribution in [0.3, 0.4) is 0 Å². The number of benzene rings is 2. The zero-order chi connectivity index (χ0) is 18.9. The average molecular weight is 369 g/mol. The first kappa shape index (κ1) is 16.9. The van der Waals surface area contributed by atoms with E-state index in [0.717, 1.165) is 59.9 Å². The van der Waals surface area contributed by atoms with Gasteiger partial charge >= 0.3 is 0 Å². The normalized spacial score (nSPS) is 17.2. The number of fused-ring (bicyclic) bond motifs is 1. The Morgan fingerprint density at radius 1 is 0.964 bits per heavy atom. The fourth-order valence-corrected chi connectivity index (χ4v) is 4.17. The van der Waals surface area contributed by atoms with Crippen LogP contribution in [0.4, 0.5) is 5.82 Å². The number of piperidine rings is 1. The lowest BCUT2D eigenvalue weighted by Gasteiger charge is -2.34. The molecule has 1 atom stereocenters. The van der Waals surface area contributed by atoms with Crippen molar-refractivity contribution in [2.24, 2.45) is 7.05 Å². The minimum atomic E-state index is 0.419. The lowest BCUT2D eigenvalue weighted by atomic mass is 9.97. The molecule has 0 bridgehead atoms. The SMILES string of the molecule is Cn1ccnc1[C@@H]1CCCN(c2nc(-c3ccccc3)nc3ccccc23)C1. The van der Waals surface area contributed by atoms with Crippen LogP contribution in [0.15, 0.2) is 67.0 Å². The van der Waals surface area contributed by atoms with Crippen LogP contribution >= 0.6 is 0 Å². The summed E-state index contributed by atoms with van der Waals surface area (Å²) in [6.45, 7) is 1.94. The highest BCUT2D eigenvalue weighted by atomic mass is 15.2. The zero-order valence-corrected chi connectivity index (χ0v) is 16.0. The van der Waals surface area contributed by atoms with Crippen molar-refractivity contribution in [3.63, 3.8) is 0 Å². The molecule has 0 amide bonds. The van der Waals surface area contributed by atoms with Crippen LogP contribution < -0.4 is 4.90 Å². The van der Waals surface area contributed by atoms with Crippen LogP contribution in [0.1, 0.15) is 24.6 Å². The van der Waals surface area contributed by atoms with Crippen LogP contribution in [-0.4, -0.2) is 32.6 Å². The number of nitrogens with zero attached hydrogens (tertiary/aromatic N) is 5. The minimum Gasteiger partial charge on any atom is -0.355 e. The molecule has 1 aliphatic heterocycles. The molecule has 0 spiro atoms. The number of hydrogen-bond acceptors (Lipinski definition) is 4. The molecular formula is C23H23N5. The first-order chi connectivity index (χ1) is 13.8. The molecule has 140 valence electrons. The molecule has 28 heavy (non-hydrogen) atoms. The summed E-state index contributed by atoms with van der Waals surface area (Å²) in [5.41, 5.74) is 2.04. The van der Waals surface area contributed by atoms with Gasteiger partial charge in [-0.2, -0.15) is 0 Å². The number of rotatable bonds is 3. The third kappa shape index (κ3) is 3.03. The van der Waals surface area contributed by atoms with Crippen LogP contribution in [-0.2, 0) is 7.05 Å². The molecule has 0 radical (unpaired) electrons. The summed E-state index contributed by atoms with van der Waals surface area (Å²) in [5, 5.41) is 1.11. The Labute approximate surface area is 164 Å². The summed E-state index contributed by atoms with van der Waals surface area (Å²) >= 11 is 0. The number of aryl methyl sites for hydroxylation is 1. The van der Waals surface area contributed by atoms with Gasteiger partial charge in [0.05, 0.1) is 5.52 Å². The minimum absolute atomic E-state index is 0.419. The molecule has 0 unspecified atom stereocenters. The van der Waals surface area contributed by atoms with Crippen molar-refractivity contribution in [3.8, 4) is 11.4 Å². The lowest BCUT2D eigenvalue weighted by molar-refractivity contribution is 0.479. The van der Waals surface area contributed by atoms with E-state index in [1.165, 1.54) is 0 Å². The maximum absolute atomic E-state index is 5.02. The molecule has 5 nitrogen and oxygen atoms in total. The monoisotopic (exact) mass is 369 g/mol. The Balaban J connectivity index is 1.58. The van der Waals surface area contributed by atoms with Crippen molar-refractivity contribution in [2.75, 3.05) is 18.0 Å². The molecule has 5 rings (SSSR count). The van der Waals surface area contributed by atoms with Gasteiger partial charge in [0.2, 0.25) is 0 Å². The predicted molar refractivity (Wildman–Crippen MR) is 112 cm³/mol. The molecule has 1 fully saturated rings. The Morgan fingerprint density at radius 2 is 1.79 bits per heavy atom. The van der Waals surface area contributed by atoms with Crippen molar-refractivity contribution in [1.82, 2.24) is 19.5 Å². The van der Waals surface area contributed by atoms with Crippen LogP contribution in [0.25, 0.3) is 22.3 Å². The Morgan fingerprint density at radius 3 is 2.61 bits per heavy atom. The van der Waals surface area contributed by atoms with Gasteiger partial charge in [0.15, 0.2) is 5.82 Å². The molecule has 5 heteroatoms. The first-order valence-corrected chi connectivity index (χ1v) is 9.84. The van der Waals surface area contributed by atoms with E-state index in [2.05, 4.69) is 51.8 Å². The number of imidazole rings is 1. The molecule has 2 aromatic heterocycles. The fraction of sp³-hybridized carbons (Fsp3) is 0.261. The van der Waals surface area contributed by atoms with Gasteiger partial charge in [0.25, 0.3) is 0 Å². The molecule has 1 saturated heterocycles. The Kier molecular flexibility index (Phi) is 4.28. The van der Waals surface area contributed by atoms with Gasteiger partial charge in [-0.05, 0) is 25.0 Å². The van der Waals surface area contributed by atoms with Crippen LogP contribution in [0.5, 0.6) is 0 Å². The molecule has 2 aromatic carbocycles. The summed E-state index contributed by atoms with van der Waals surface area (Å²) in [6.07, 6.45) is 6.22. The molecule has 4 aromatic rings. The average Bonchev–Trinajstić information content (AvgIpc) is 3.19. The highest BCUT2D eigenvalue weighted by Gasteiger charge is 2.26. The van der Waals surface area contributed by atoms with Crippen molar-refractivity contribution >= 4 is 16.7 Å². The topological polar surface area (TPSA) is 46.8 Å². The maximum atomic E-state index is 5.02. The third-order valence-corrected chi connectivity index (χ3v) is 5.56. The van der Waals surface area contributed by atoms with Gasteiger partial charge in [0.1, 0.15) is 11.6 Å². The van der Waals surface area contributed by atoms with Gasteiger partial charge in [0, 0.05) is 49.4 Å². The van der Waals surface area contributed by atoms with Crippen molar-refractivity contribution in [1.29, 1.82) is 0 Å². The van der Waals surface area contributed by atoms with E-state index in [0.29, 0.717) is 5.92 Å². The number of para-hydroxylation sites is 1.